The molecule has 1 N–H and O–H groups in total. The van der Waals surface area contributed by atoms with Crippen LogP contribution in [0.1, 0.15) is 43.9 Å². The monoisotopic (exact) mass is 317 g/mol. The standard InChI is InChI=1S/C19H27NO3/c1-7-8-17-16(20-18(21)22-17)11-15-12(2)9-14(10-13(15)3)23-19(4,5)6/h7,9-10,16-17H,1,8,11H2,2-6H3,(H,20,21)/t16-,17+/m0/s1. The van der Waals surface area contributed by atoms with Gasteiger partial charge < -0.3 is 14.8 Å². The molecule has 2 atom stereocenters. The molecule has 23 heavy (non-hydrogen) atoms. The molecule has 1 aliphatic rings. The fourth-order valence-electron chi connectivity index (χ4n) is 2.97. The largest absolute Gasteiger partial charge is 0.488 e. The number of nitrogens with one attached hydrogen (secondary N) is 1. The molecule has 2 rings (SSSR count). The summed E-state index contributed by atoms with van der Waals surface area (Å²) in [6, 6.07) is 4.11. The zero-order chi connectivity index (χ0) is 17.2. The van der Waals surface area contributed by atoms with Gasteiger partial charge in [-0.1, -0.05) is 6.08 Å². The van der Waals surface area contributed by atoms with E-state index >= 15 is 0 Å². The Kier molecular flexibility index (Phi) is 5.03. The lowest BCUT2D eigenvalue weighted by molar-refractivity contribution is 0.130. The Morgan fingerprint density at radius 3 is 2.43 bits per heavy atom. The Labute approximate surface area is 138 Å². The maximum absolute atomic E-state index is 11.5. The molecule has 1 heterocycles. The molecule has 1 saturated heterocycles. The maximum atomic E-state index is 11.5. The predicted octanol–water partition coefficient (Wildman–Crippen LogP) is 4.08. The van der Waals surface area contributed by atoms with Gasteiger partial charge in [-0.25, -0.2) is 4.79 Å². The van der Waals surface area contributed by atoms with Crippen LogP contribution in [0.5, 0.6) is 5.75 Å². The number of benzene rings is 1. The van der Waals surface area contributed by atoms with Crippen molar-refractivity contribution in [3.63, 3.8) is 0 Å². The third-order valence-corrected chi connectivity index (χ3v) is 3.93. The third-order valence-electron chi connectivity index (χ3n) is 3.93. The predicted molar refractivity (Wildman–Crippen MR) is 92.0 cm³/mol. The number of ether oxygens (including phenoxy) is 2. The van der Waals surface area contributed by atoms with Crippen LogP contribution in [0.15, 0.2) is 24.8 Å². The minimum absolute atomic E-state index is 0.0210. The first-order valence-corrected chi connectivity index (χ1v) is 8.07. The van der Waals surface area contributed by atoms with Crippen LogP contribution in [0.25, 0.3) is 0 Å². The number of amides is 1. The van der Waals surface area contributed by atoms with E-state index in [9.17, 15) is 4.79 Å². The smallest absolute Gasteiger partial charge is 0.407 e. The van der Waals surface area contributed by atoms with Crippen molar-refractivity contribution in [1.82, 2.24) is 5.32 Å². The number of hydrogen-bond acceptors (Lipinski definition) is 3. The van der Waals surface area contributed by atoms with Crippen molar-refractivity contribution in [1.29, 1.82) is 0 Å². The second-order valence-electron chi connectivity index (χ2n) is 7.17. The summed E-state index contributed by atoms with van der Waals surface area (Å²) in [7, 11) is 0. The molecule has 1 aromatic rings. The highest BCUT2D eigenvalue weighted by Gasteiger charge is 2.33. The molecule has 1 amide bonds. The molecule has 0 saturated carbocycles. The van der Waals surface area contributed by atoms with Crippen molar-refractivity contribution in [3.8, 4) is 5.75 Å². The number of cyclic esters (lactones) is 1. The summed E-state index contributed by atoms with van der Waals surface area (Å²) in [5.41, 5.74) is 3.35. The van der Waals surface area contributed by atoms with E-state index in [1.165, 1.54) is 16.7 Å². The molecule has 0 spiro atoms. The molecule has 4 heteroatoms. The van der Waals surface area contributed by atoms with Gasteiger partial charge in [0, 0.05) is 6.42 Å². The normalized spacial score (nSPS) is 20.8. The van der Waals surface area contributed by atoms with Gasteiger partial charge in [0.05, 0.1) is 6.04 Å². The molecule has 0 radical (unpaired) electrons. The van der Waals surface area contributed by atoms with Crippen LogP contribution in [-0.2, 0) is 11.2 Å². The average Bonchev–Trinajstić information content (AvgIpc) is 2.72. The van der Waals surface area contributed by atoms with Gasteiger partial charge in [-0.2, -0.15) is 0 Å². The van der Waals surface area contributed by atoms with E-state index < -0.39 is 0 Å². The first-order valence-electron chi connectivity index (χ1n) is 8.07. The lowest BCUT2D eigenvalue weighted by Gasteiger charge is -2.24. The molecular weight excluding hydrogens is 290 g/mol. The van der Waals surface area contributed by atoms with E-state index in [1.807, 2.05) is 20.8 Å². The second-order valence-corrected chi connectivity index (χ2v) is 7.17. The van der Waals surface area contributed by atoms with Crippen LogP contribution in [0.3, 0.4) is 0 Å². The topological polar surface area (TPSA) is 47.6 Å². The molecular formula is C19H27NO3. The van der Waals surface area contributed by atoms with Crippen molar-refractivity contribution >= 4 is 6.09 Å². The van der Waals surface area contributed by atoms with Gasteiger partial charge in [0.1, 0.15) is 17.5 Å². The summed E-state index contributed by atoms with van der Waals surface area (Å²) in [4.78, 5) is 11.5. The van der Waals surface area contributed by atoms with Crippen molar-refractivity contribution in [2.24, 2.45) is 0 Å². The molecule has 1 aliphatic heterocycles. The Balaban J connectivity index is 2.20. The molecule has 0 aromatic heterocycles. The summed E-state index contributed by atoms with van der Waals surface area (Å²) in [6.45, 7) is 14.0. The third kappa shape index (κ3) is 4.50. The van der Waals surface area contributed by atoms with Gasteiger partial charge in [0.2, 0.25) is 0 Å². The Hall–Kier alpha value is -1.97. The molecule has 0 bridgehead atoms. The quantitative estimate of drug-likeness (QED) is 0.833. The van der Waals surface area contributed by atoms with Crippen LogP contribution < -0.4 is 10.1 Å². The average molecular weight is 317 g/mol. The molecule has 4 nitrogen and oxygen atoms in total. The summed E-state index contributed by atoms with van der Waals surface area (Å²) >= 11 is 0. The van der Waals surface area contributed by atoms with Crippen LogP contribution in [0.4, 0.5) is 4.79 Å². The van der Waals surface area contributed by atoms with E-state index in [1.54, 1.807) is 6.08 Å². The van der Waals surface area contributed by atoms with Crippen LogP contribution in [-0.4, -0.2) is 23.8 Å². The fraction of sp³-hybridized carbons (Fsp3) is 0.526. The minimum atomic E-state index is -0.343. The van der Waals surface area contributed by atoms with E-state index in [-0.39, 0.29) is 23.8 Å². The van der Waals surface area contributed by atoms with E-state index in [0.717, 1.165) is 12.2 Å². The maximum Gasteiger partial charge on any atom is 0.407 e. The highest BCUT2D eigenvalue weighted by Crippen LogP contribution is 2.27. The second kappa shape index (κ2) is 6.65. The zero-order valence-corrected chi connectivity index (χ0v) is 14.7. The highest BCUT2D eigenvalue weighted by molar-refractivity contribution is 5.70. The number of hydrogen-bond donors (Lipinski definition) is 1. The number of aryl methyl sites for hydroxylation is 2. The number of carbonyl (C=O) groups is 1. The zero-order valence-electron chi connectivity index (χ0n) is 14.7. The molecule has 0 aliphatic carbocycles. The Bertz CT molecular complexity index is 578. The van der Waals surface area contributed by atoms with Gasteiger partial charge in [0.25, 0.3) is 0 Å². The van der Waals surface area contributed by atoms with E-state index in [2.05, 4.69) is 37.9 Å². The van der Waals surface area contributed by atoms with Crippen molar-refractivity contribution in [2.45, 2.75) is 65.2 Å². The van der Waals surface area contributed by atoms with Gasteiger partial charge in [-0.15, -0.1) is 6.58 Å². The number of alkyl carbamates (subject to hydrolysis) is 1. The minimum Gasteiger partial charge on any atom is -0.488 e. The van der Waals surface area contributed by atoms with Crippen molar-refractivity contribution in [3.05, 3.63) is 41.5 Å². The van der Waals surface area contributed by atoms with Gasteiger partial charge in [0.15, 0.2) is 0 Å². The van der Waals surface area contributed by atoms with Crippen LogP contribution in [0.2, 0.25) is 0 Å². The first-order chi connectivity index (χ1) is 10.7. The highest BCUT2D eigenvalue weighted by atomic mass is 16.6. The first kappa shape index (κ1) is 17.4. The Morgan fingerprint density at radius 2 is 1.91 bits per heavy atom. The van der Waals surface area contributed by atoms with Crippen LogP contribution in [0, 0.1) is 13.8 Å². The molecule has 1 fully saturated rings. The fourth-order valence-corrected chi connectivity index (χ4v) is 2.97. The van der Waals surface area contributed by atoms with Crippen molar-refractivity contribution < 1.29 is 14.3 Å². The summed E-state index contributed by atoms with van der Waals surface area (Å²) in [5, 5.41) is 2.90. The van der Waals surface area contributed by atoms with Gasteiger partial charge in [-0.05, 0) is 69.9 Å². The van der Waals surface area contributed by atoms with E-state index in [0.29, 0.717) is 6.42 Å². The Morgan fingerprint density at radius 1 is 1.30 bits per heavy atom. The SMILES string of the molecule is C=CC[C@H]1OC(=O)N[C@H]1Cc1c(C)cc(OC(C)(C)C)cc1C. The molecule has 126 valence electrons. The van der Waals surface area contributed by atoms with Gasteiger partial charge in [-0.3, -0.25) is 0 Å². The summed E-state index contributed by atoms with van der Waals surface area (Å²) in [5.74, 6) is 0.880. The summed E-state index contributed by atoms with van der Waals surface area (Å²) < 4.78 is 11.3. The van der Waals surface area contributed by atoms with E-state index in [4.69, 9.17) is 9.47 Å². The molecule has 1 aromatic carbocycles. The number of rotatable bonds is 5. The van der Waals surface area contributed by atoms with Crippen molar-refractivity contribution in [2.75, 3.05) is 0 Å². The lowest BCUT2D eigenvalue weighted by Crippen LogP contribution is -2.34. The van der Waals surface area contributed by atoms with Gasteiger partial charge >= 0.3 is 6.09 Å². The van der Waals surface area contributed by atoms with Crippen LogP contribution >= 0.6 is 0 Å². The summed E-state index contributed by atoms with van der Waals surface area (Å²) in [6.07, 6.45) is 2.71. The number of carbonyl (C=O) groups excluding carboxylic acids is 1. The lowest BCUT2D eigenvalue weighted by atomic mass is 9.93. The molecule has 0 unspecified atom stereocenters.